The van der Waals surface area contributed by atoms with Crippen molar-refractivity contribution < 1.29 is 14.6 Å². The summed E-state index contributed by atoms with van der Waals surface area (Å²) in [4.78, 5) is 21.1. The van der Waals surface area contributed by atoms with Gasteiger partial charge in [0.15, 0.2) is 0 Å². The Morgan fingerprint density at radius 1 is 1.56 bits per heavy atom. The lowest BCUT2D eigenvalue weighted by molar-refractivity contribution is -0.137. The Bertz CT molecular complexity index is 423. The number of carbonyl (C=O) groups is 1. The van der Waals surface area contributed by atoms with Gasteiger partial charge in [-0.15, -0.1) is 0 Å². The molecule has 0 aliphatic heterocycles. The van der Waals surface area contributed by atoms with Gasteiger partial charge in [0.05, 0.1) is 13.5 Å². The zero-order valence-electron chi connectivity index (χ0n) is 11.2. The van der Waals surface area contributed by atoms with Gasteiger partial charge in [-0.2, -0.15) is 4.98 Å². The Morgan fingerprint density at radius 2 is 2.22 bits per heavy atom. The van der Waals surface area contributed by atoms with E-state index in [0.717, 1.165) is 0 Å². The van der Waals surface area contributed by atoms with E-state index in [9.17, 15) is 4.79 Å². The van der Waals surface area contributed by atoms with E-state index in [0.29, 0.717) is 24.1 Å². The van der Waals surface area contributed by atoms with Crippen LogP contribution in [0.2, 0.25) is 0 Å². The Labute approximate surface area is 107 Å². The van der Waals surface area contributed by atoms with E-state index in [1.54, 1.807) is 20.1 Å². The lowest BCUT2D eigenvalue weighted by atomic mass is 10.2. The number of carboxylic acids is 1. The predicted octanol–water partition coefficient (Wildman–Crippen LogP) is 1.48. The van der Waals surface area contributed by atoms with Crippen LogP contribution < -0.4 is 9.64 Å². The van der Waals surface area contributed by atoms with Gasteiger partial charge in [-0.05, 0) is 20.8 Å². The molecule has 1 N–H and O–H groups in total. The second-order valence-corrected chi connectivity index (χ2v) is 4.05. The van der Waals surface area contributed by atoms with E-state index in [-0.39, 0.29) is 12.5 Å². The molecule has 1 rings (SSSR count). The van der Waals surface area contributed by atoms with Gasteiger partial charge in [-0.3, -0.25) is 4.79 Å². The number of nitrogens with zero attached hydrogens (tertiary/aromatic N) is 3. The maximum Gasteiger partial charge on any atom is 0.305 e. The summed E-state index contributed by atoms with van der Waals surface area (Å²) in [5.41, 5.74) is 0. The van der Waals surface area contributed by atoms with Crippen molar-refractivity contribution in [1.29, 1.82) is 0 Å². The van der Waals surface area contributed by atoms with Gasteiger partial charge in [-0.25, -0.2) is 4.98 Å². The topological polar surface area (TPSA) is 75.5 Å². The quantitative estimate of drug-likeness (QED) is 0.827. The summed E-state index contributed by atoms with van der Waals surface area (Å²) in [5.74, 6) is 0.957. The van der Waals surface area contributed by atoms with E-state index >= 15 is 0 Å². The van der Waals surface area contributed by atoms with Crippen molar-refractivity contribution in [1.82, 2.24) is 9.97 Å². The van der Waals surface area contributed by atoms with Gasteiger partial charge in [0.2, 0.25) is 5.88 Å². The first-order chi connectivity index (χ1) is 8.47. The van der Waals surface area contributed by atoms with Crippen LogP contribution >= 0.6 is 0 Å². The lowest BCUT2D eigenvalue weighted by Crippen LogP contribution is -2.35. The molecule has 0 fully saturated rings. The SMILES string of the molecule is CCN(c1cc(OC)nc(C)n1)C(C)CC(=O)O. The second kappa shape index (κ2) is 6.18. The van der Waals surface area contributed by atoms with E-state index in [2.05, 4.69) is 9.97 Å². The van der Waals surface area contributed by atoms with Crippen LogP contribution in [0.3, 0.4) is 0 Å². The summed E-state index contributed by atoms with van der Waals surface area (Å²) in [6, 6.07) is 1.58. The molecule has 1 aromatic heterocycles. The van der Waals surface area contributed by atoms with E-state index < -0.39 is 5.97 Å². The fourth-order valence-electron chi connectivity index (χ4n) is 1.84. The molecule has 0 saturated heterocycles. The Kier molecular flexibility index (Phi) is 4.88. The smallest absolute Gasteiger partial charge is 0.305 e. The maximum atomic E-state index is 10.8. The number of rotatable bonds is 6. The highest BCUT2D eigenvalue weighted by Gasteiger charge is 2.18. The minimum Gasteiger partial charge on any atom is -0.481 e. The minimum absolute atomic E-state index is 0.0687. The monoisotopic (exact) mass is 253 g/mol. The highest BCUT2D eigenvalue weighted by atomic mass is 16.5. The summed E-state index contributed by atoms with van der Waals surface area (Å²) in [6.07, 6.45) is 0.0687. The number of aryl methyl sites for hydroxylation is 1. The predicted molar refractivity (Wildman–Crippen MR) is 68.1 cm³/mol. The standard InChI is InChI=1S/C12H19N3O3/c1-5-15(8(2)6-12(16)17)10-7-11(18-4)14-9(3)13-10/h7-8H,5-6H2,1-4H3,(H,16,17). The summed E-state index contributed by atoms with van der Waals surface area (Å²) < 4.78 is 5.10. The summed E-state index contributed by atoms with van der Waals surface area (Å²) in [6.45, 7) is 6.28. The number of anilines is 1. The fourth-order valence-corrected chi connectivity index (χ4v) is 1.84. The largest absolute Gasteiger partial charge is 0.481 e. The molecule has 0 aliphatic rings. The van der Waals surface area contributed by atoms with Crippen LogP contribution in [0, 0.1) is 6.92 Å². The first kappa shape index (κ1) is 14.2. The normalized spacial score (nSPS) is 12.0. The molecule has 18 heavy (non-hydrogen) atoms. The van der Waals surface area contributed by atoms with Crippen molar-refractivity contribution in [2.45, 2.75) is 33.2 Å². The first-order valence-corrected chi connectivity index (χ1v) is 5.86. The van der Waals surface area contributed by atoms with Gasteiger partial charge in [0.25, 0.3) is 0 Å². The van der Waals surface area contributed by atoms with Crippen LogP contribution in [0.1, 0.15) is 26.1 Å². The molecule has 0 radical (unpaired) electrons. The molecule has 0 aliphatic carbocycles. The zero-order chi connectivity index (χ0) is 13.7. The van der Waals surface area contributed by atoms with Crippen LogP contribution in [0.25, 0.3) is 0 Å². The summed E-state index contributed by atoms with van der Waals surface area (Å²) in [7, 11) is 1.54. The van der Waals surface area contributed by atoms with Crippen molar-refractivity contribution in [3.05, 3.63) is 11.9 Å². The average molecular weight is 253 g/mol. The van der Waals surface area contributed by atoms with Crippen molar-refractivity contribution in [2.75, 3.05) is 18.6 Å². The number of aromatic nitrogens is 2. The van der Waals surface area contributed by atoms with E-state index in [1.807, 2.05) is 18.7 Å². The molecule has 0 bridgehead atoms. The van der Waals surface area contributed by atoms with Gasteiger partial charge < -0.3 is 14.7 Å². The van der Waals surface area contributed by atoms with Crippen molar-refractivity contribution >= 4 is 11.8 Å². The van der Waals surface area contributed by atoms with Crippen molar-refractivity contribution in [3.63, 3.8) is 0 Å². The van der Waals surface area contributed by atoms with Crippen molar-refractivity contribution in [2.24, 2.45) is 0 Å². The Morgan fingerprint density at radius 3 is 2.72 bits per heavy atom. The molecule has 1 aromatic rings. The minimum atomic E-state index is -0.821. The molecule has 100 valence electrons. The molecule has 0 spiro atoms. The number of hydrogen-bond acceptors (Lipinski definition) is 5. The average Bonchev–Trinajstić information content (AvgIpc) is 2.28. The zero-order valence-corrected chi connectivity index (χ0v) is 11.2. The lowest BCUT2D eigenvalue weighted by Gasteiger charge is -2.28. The Hall–Kier alpha value is -1.85. The molecular formula is C12H19N3O3. The van der Waals surface area contributed by atoms with E-state index in [4.69, 9.17) is 9.84 Å². The van der Waals surface area contributed by atoms with Gasteiger partial charge >= 0.3 is 5.97 Å². The maximum absolute atomic E-state index is 10.8. The molecule has 6 nitrogen and oxygen atoms in total. The third kappa shape index (κ3) is 3.58. The number of aliphatic carboxylic acids is 1. The number of ether oxygens (including phenoxy) is 1. The number of methoxy groups -OCH3 is 1. The van der Waals surface area contributed by atoms with Crippen LogP contribution in [-0.4, -0.2) is 40.7 Å². The summed E-state index contributed by atoms with van der Waals surface area (Å²) >= 11 is 0. The molecule has 0 amide bonds. The first-order valence-electron chi connectivity index (χ1n) is 5.86. The van der Waals surface area contributed by atoms with Gasteiger partial charge in [0.1, 0.15) is 11.6 Å². The second-order valence-electron chi connectivity index (χ2n) is 4.05. The number of hydrogen-bond donors (Lipinski definition) is 1. The Balaban J connectivity index is 3.00. The molecule has 0 aromatic carbocycles. The highest BCUT2D eigenvalue weighted by molar-refractivity contribution is 5.68. The highest BCUT2D eigenvalue weighted by Crippen LogP contribution is 2.20. The molecule has 1 atom stereocenters. The van der Waals surface area contributed by atoms with Crippen LogP contribution in [0.4, 0.5) is 5.82 Å². The van der Waals surface area contributed by atoms with Crippen LogP contribution in [-0.2, 0) is 4.79 Å². The number of carboxylic acid groups (broad SMARTS) is 1. The van der Waals surface area contributed by atoms with Crippen LogP contribution in [0.15, 0.2) is 6.07 Å². The van der Waals surface area contributed by atoms with Crippen LogP contribution in [0.5, 0.6) is 5.88 Å². The van der Waals surface area contributed by atoms with Gasteiger partial charge in [-0.1, -0.05) is 0 Å². The fraction of sp³-hybridized carbons (Fsp3) is 0.583. The molecule has 1 unspecified atom stereocenters. The molecule has 1 heterocycles. The van der Waals surface area contributed by atoms with E-state index in [1.165, 1.54) is 0 Å². The molecular weight excluding hydrogens is 234 g/mol. The molecule has 6 heteroatoms. The van der Waals surface area contributed by atoms with Gasteiger partial charge in [0, 0.05) is 18.7 Å². The third-order valence-corrected chi connectivity index (χ3v) is 2.65. The molecule has 0 saturated carbocycles. The summed E-state index contributed by atoms with van der Waals surface area (Å²) in [5, 5.41) is 8.85. The third-order valence-electron chi connectivity index (χ3n) is 2.65. The van der Waals surface area contributed by atoms with Crippen molar-refractivity contribution in [3.8, 4) is 5.88 Å².